The van der Waals surface area contributed by atoms with Crippen molar-refractivity contribution < 1.29 is 24.3 Å². The first-order chi connectivity index (χ1) is 16.5. The third-order valence-corrected chi connectivity index (χ3v) is 5.92. The van der Waals surface area contributed by atoms with Crippen LogP contribution >= 0.6 is 0 Å². The SMILES string of the molecule is Cn1nc(B(O)O)cc(N(C(=O)OC(C)(C)C)c2ccc(N3CCN(C4COC4)CC3)cn2)c1=O. The molecule has 12 nitrogen and oxygen atoms in total. The van der Waals surface area contributed by atoms with Crippen molar-refractivity contribution in [2.75, 3.05) is 49.2 Å². The van der Waals surface area contributed by atoms with E-state index >= 15 is 0 Å². The molecule has 0 aliphatic carbocycles. The molecule has 0 aromatic carbocycles. The number of ether oxygens (including phenoxy) is 2. The Hall–Kier alpha value is -3.00. The number of carbonyl (C=O) groups excluding carboxylic acids is 1. The molecule has 2 aliphatic rings. The molecule has 0 bridgehead atoms. The van der Waals surface area contributed by atoms with E-state index in [1.54, 1.807) is 33.0 Å². The second kappa shape index (κ2) is 9.94. The summed E-state index contributed by atoms with van der Waals surface area (Å²) in [5.74, 6) is 0.162. The van der Waals surface area contributed by atoms with Gasteiger partial charge in [0.25, 0.3) is 5.56 Å². The van der Waals surface area contributed by atoms with Crippen LogP contribution < -0.4 is 21.0 Å². The number of hydrogen-bond donors (Lipinski definition) is 2. The molecule has 1 amide bonds. The second-order valence-electron chi connectivity index (χ2n) is 9.66. The minimum atomic E-state index is -1.93. The van der Waals surface area contributed by atoms with Gasteiger partial charge < -0.3 is 24.4 Å². The number of anilines is 3. The average Bonchev–Trinajstić information content (AvgIpc) is 2.75. The summed E-state index contributed by atoms with van der Waals surface area (Å²) in [6.07, 6.45) is 0.832. The number of aromatic nitrogens is 3. The van der Waals surface area contributed by atoms with Gasteiger partial charge in [-0.3, -0.25) is 9.69 Å². The molecular weight excluding hydrogens is 455 g/mol. The van der Waals surface area contributed by atoms with E-state index in [0.29, 0.717) is 6.04 Å². The molecule has 0 spiro atoms. The fourth-order valence-electron chi connectivity index (χ4n) is 4.00. The lowest BCUT2D eigenvalue weighted by molar-refractivity contribution is -0.0660. The van der Waals surface area contributed by atoms with E-state index < -0.39 is 24.4 Å². The molecule has 188 valence electrons. The van der Waals surface area contributed by atoms with Gasteiger partial charge in [-0.25, -0.2) is 19.4 Å². The lowest BCUT2D eigenvalue weighted by Gasteiger charge is -2.43. The van der Waals surface area contributed by atoms with Crippen molar-refractivity contribution in [1.82, 2.24) is 19.7 Å². The Morgan fingerprint density at radius 2 is 1.89 bits per heavy atom. The minimum absolute atomic E-state index is 0.156. The number of amides is 1. The van der Waals surface area contributed by atoms with Crippen LogP contribution in [0, 0.1) is 0 Å². The van der Waals surface area contributed by atoms with Crippen LogP contribution in [0.2, 0.25) is 0 Å². The summed E-state index contributed by atoms with van der Waals surface area (Å²) in [7, 11) is -0.571. The van der Waals surface area contributed by atoms with E-state index in [2.05, 4.69) is 19.9 Å². The fourth-order valence-corrected chi connectivity index (χ4v) is 4.00. The summed E-state index contributed by atoms with van der Waals surface area (Å²) in [6.45, 7) is 10.3. The third kappa shape index (κ3) is 5.64. The Kier molecular flexibility index (Phi) is 7.13. The molecule has 2 saturated heterocycles. The molecule has 4 rings (SSSR count). The van der Waals surface area contributed by atoms with Crippen molar-refractivity contribution in [3.63, 3.8) is 0 Å². The van der Waals surface area contributed by atoms with E-state index in [1.807, 2.05) is 6.07 Å². The summed E-state index contributed by atoms with van der Waals surface area (Å²) >= 11 is 0. The highest BCUT2D eigenvalue weighted by molar-refractivity contribution is 6.57. The van der Waals surface area contributed by atoms with Crippen molar-refractivity contribution in [3.05, 3.63) is 34.7 Å². The summed E-state index contributed by atoms with van der Waals surface area (Å²) < 4.78 is 11.8. The molecular formula is C22H31BN6O6. The Morgan fingerprint density at radius 1 is 1.20 bits per heavy atom. The predicted molar refractivity (Wildman–Crippen MR) is 130 cm³/mol. The Bertz CT molecular complexity index is 1110. The zero-order valence-electron chi connectivity index (χ0n) is 20.4. The number of carbonyl (C=O) groups is 1. The molecule has 0 unspecified atom stereocenters. The van der Waals surface area contributed by atoms with Gasteiger partial charge in [-0.2, -0.15) is 5.10 Å². The van der Waals surface area contributed by atoms with Crippen molar-refractivity contribution in [2.24, 2.45) is 7.05 Å². The highest BCUT2D eigenvalue weighted by Crippen LogP contribution is 2.26. The summed E-state index contributed by atoms with van der Waals surface area (Å²) in [5, 5.41) is 23.0. The Morgan fingerprint density at radius 3 is 2.40 bits per heavy atom. The topological polar surface area (TPSA) is 133 Å². The molecule has 13 heteroatoms. The molecule has 2 aromatic rings. The first-order valence-electron chi connectivity index (χ1n) is 11.5. The van der Waals surface area contributed by atoms with E-state index in [0.717, 1.165) is 60.7 Å². The van der Waals surface area contributed by atoms with Crippen molar-refractivity contribution in [1.29, 1.82) is 0 Å². The maximum Gasteiger partial charge on any atom is 0.510 e. The predicted octanol–water partition coefficient (Wildman–Crippen LogP) is -0.551. The number of rotatable bonds is 5. The number of hydrogen-bond acceptors (Lipinski definition) is 10. The van der Waals surface area contributed by atoms with Crippen molar-refractivity contribution in [3.8, 4) is 0 Å². The fraction of sp³-hybridized carbons (Fsp3) is 0.545. The highest BCUT2D eigenvalue weighted by Gasteiger charge is 2.31. The van der Waals surface area contributed by atoms with E-state index in [4.69, 9.17) is 9.47 Å². The molecule has 4 heterocycles. The summed E-state index contributed by atoms with van der Waals surface area (Å²) in [4.78, 5) is 36.2. The Balaban J connectivity index is 1.62. The molecule has 2 aliphatic heterocycles. The van der Waals surface area contributed by atoms with Crippen molar-refractivity contribution in [2.45, 2.75) is 32.4 Å². The molecule has 0 saturated carbocycles. The third-order valence-electron chi connectivity index (χ3n) is 5.92. The number of aryl methyl sites for hydroxylation is 1. The highest BCUT2D eigenvalue weighted by atomic mass is 16.6. The van der Waals surface area contributed by atoms with Gasteiger partial charge in [-0.15, -0.1) is 0 Å². The minimum Gasteiger partial charge on any atom is -0.443 e. The molecule has 35 heavy (non-hydrogen) atoms. The average molecular weight is 486 g/mol. The van der Waals surface area contributed by atoms with Crippen molar-refractivity contribution >= 4 is 36.0 Å². The molecule has 0 radical (unpaired) electrons. The monoisotopic (exact) mass is 486 g/mol. The van der Waals surface area contributed by atoms with Gasteiger partial charge >= 0.3 is 13.2 Å². The number of piperazine rings is 1. The molecule has 2 N–H and O–H groups in total. The van der Waals surface area contributed by atoms with Crippen LogP contribution in [0.25, 0.3) is 0 Å². The van der Waals surface area contributed by atoms with Crippen LogP contribution in [-0.4, -0.2) is 94.0 Å². The molecule has 0 atom stereocenters. The normalized spacial score (nSPS) is 17.1. The maximum absolute atomic E-state index is 13.2. The standard InChI is InChI=1S/C22H31BN6O6/c1-22(2,3)35-21(31)29(17-11-18(23(32)33)25-26(4)20(17)30)19-6-5-15(12-24-19)27-7-9-28(10-8-27)16-13-34-14-16/h5-6,11-12,16,32-33H,7-10,13-14H2,1-4H3. The smallest absolute Gasteiger partial charge is 0.443 e. The number of nitrogens with zero attached hydrogens (tertiary/aromatic N) is 6. The van der Waals surface area contributed by atoms with E-state index in [-0.39, 0.29) is 17.1 Å². The van der Waals surface area contributed by atoms with Crippen LogP contribution in [0.1, 0.15) is 20.8 Å². The first-order valence-corrected chi connectivity index (χ1v) is 11.5. The lowest BCUT2D eigenvalue weighted by atomic mass is 9.86. The van der Waals surface area contributed by atoms with E-state index in [1.165, 1.54) is 7.05 Å². The van der Waals surface area contributed by atoms with Crippen LogP contribution in [0.15, 0.2) is 29.2 Å². The quantitative estimate of drug-likeness (QED) is 0.531. The van der Waals surface area contributed by atoms with Gasteiger partial charge in [0.2, 0.25) is 0 Å². The zero-order chi connectivity index (χ0) is 25.3. The zero-order valence-corrected chi connectivity index (χ0v) is 20.4. The van der Waals surface area contributed by atoms with Gasteiger partial charge in [0.15, 0.2) is 0 Å². The van der Waals surface area contributed by atoms with Gasteiger partial charge in [0, 0.05) is 33.2 Å². The van der Waals surface area contributed by atoms with Gasteiger partial charge in [-0.05, 0) is 39.0 Å². The maximum atomic E-state index is 13.2. The van der Waals surface area contributed by atoms with Crippen LogP contribution in [0.4, 0.5) is 22.0 Å². The van der Waals surface area contributed by atoms with Gasteiger partial charge in [-0.1, -0.05) is 0 Å². The Labute approximate surface area is 203 Å². The van der Waals surface area contributed by atoms with E-state index in [9.17, 15) is 19.6 Å². The van der Waals surface area contributed by atoms with Gasteiger partial charge in [0.05, 0.1) is 36.7 Å². The van der Waals surface area contributed by atoms with Crippen LogP contribution in [0.3, 0.4) is 0 Å². The molecule has 2 fully saturated rings. The summed E-state index contributed by atoms with van der Waals surface area (Å²) in [6, 6.07) is 5.14. The van der Waals surface area contributed by atoms with Crippen LogP contribution in [-0.2, 0) is 16.5 Å². The summed E-state index contributed by atoms with van der Waals surface area (Å²) in [5.41, 5.74) is -0.907. The van der Waals surface area contributed by atoms with Gasteiger partial charge in [0.1, 0.15) is 17.1 Å². The first kappa shape index (κ1) is 25.1. The molecule has 2 aromatic heterocycles. The number of pyridine rings is 1. The van der Waals surface area contributed by atoms with Crippen LogP contribution in [0.5, 0.6) is 0 Å². The largest absolute Gasteiger partial charge is 0.510 e. The lowest BCUT2D eigenvalue weighted by Crippen LogP contribution is -2.56. The second-order valence-corrected chi connectivity index (χ2v) is 9.66.